The normalized spacial score (nSPS) is 15.0. The molecule has 1 rings (SSSR count). The van der Waals surface area contributed by atoms with Gasteiger partial charge in [-0.05, 0) is 33.6 Å². The molecule has 0 aromatic carbocycles. The number of rotatable bonds is 15. The number of aliphatic carboxylic acids is 2. The minimum atomic E-state index is -4.86. The lowest BCUT2D eigenvalue weighted by atomic mass is 10.1. The molecule has 0 aliphatic rings. The number of amides is 2. The van der Waals surface area contributed by atoms with Crippen LogP contribution in [0.3, 0.4) is 0 Å². The number of aromatic nitrogens is 1. The second-order valence-electron chi connectivity index (χ2n) is 8.59. The average molecular weight is 610 g/mol. The van der Waals surface area contributed by atoms with Gasteiger partial charge in [0, 0.05) is 11.9 Å². The summed E-state index contributed by atoms with van der Waals surface area (Å²) in [5.74, 6) is -5.35. The van der Waals surface area contributed by atoms with Crippen LogP contribution in [0.5, 0.6) is 0 Å². The fourth-order valence-electron chi connectivity index (χ4n) is 2.61. The van der Waals surface area contributed by atoms with Gasteiger partial charge in [0.25, 0.3) is 11.8 Å². The quantitative estimate of drug-likeness (QED) is 0.0319. The molecule has 0 spiro atoms. The molecule has 0 bridgehead atoms. The Morgan fingerprint density at radius 2 is 1.88 bits per heavy atom. The number of oxime groups is 1. The molecule has 3 atom stereocenters. The van der Waals surface area contributed by atoms with E-state index in [4.69, 9.17) is 27.1 Å². The molecule has 12 N–H and O–H groups in total. The maximum atomic E-state index is 13.2. The molecule has 224 valence electrons. The van der Waals surface area contributed by atoms with Crippen molar-refractivity contribution in [3.8, 4) is 0 Å². The van der Waals surface area contributed by atoms with E-state index in [0.717, 1.165) is 32.1 Å². The average Bonchev–Trinajstić information content (AvgIpc) is 3.24. The van der Waals surface area contributed by atoms with Crippen LogP contribution in [-0.2, 0) is 34.3 Å². The third-order valence-corrected chi connectivity index (χ3v) is 6.13. The highest BCUT2D eigenvalue weighted by Crippen LogP contribution is 2.15. The number of nitrogen functional groups attached to an aromatic ring is 1. The number of nitrogens with two attached hydrogens (primary N) is 3. The molecule has 1 aromatic rings. The second kappa shape index (κ2) is 14.5. The monoisotopic (exact) mass is 609 g/mol. The Balaban J connectivity index is 3.22. The standard InChI is InChI=1S/C19H31N9O10S2/c1-8(28-40(35,36)37)11(13(29)26-17(21)23-6-4-5-9(20)15(31)32)25-14(30)12(10-7-39-18(22)24-10)27-38-19(2,3)16(33)34/h7-9,11,28H,4-6,20H2,1-3H3,(H2,22,24)(H,25,30)(H,31,32)(H,33,34)(H,35,36,37)(H3,21,23,26,29)/b27-12-/t8?,9-,11?/m0/s1. The van der Waals surface area contributed by atoms with Gasteiger partial charge in [-0.1, -0.05) is 5.16 Å². The molecule has 2 unspecified atom stereocenters. The maximum Gasteiger partial charge on any atom is 0.350 e. The van der Waals surface area contributed by atoms with E-state index in [-0.39, 0.29) is 30.2 Å². The van der Waals surface area contributed by atoms with Gasteiger partial charge in [-0.15, -0.1) is 11.3 Å². The lowest BCUT2D eigenvalue weighted by Gasteiger charge is -2.24. The van der Waals surface area contributed by atoms with E-state index in [1.165, 1.54) is 5.38 Å². The smallest absolute Gasteiger partial charge is 0.350 e. The molecule has 1 aromatic heterocycles. The van der Waals surface area contributed by atoms with Gasteiger partial charge in [0.1, 0.15) is 17.8 Å². The number of guanidine groups is 1. The van der Waals surface area contributed by atoms with Crippen LogP contribution < -0.4 is 32.6 Å². The highest BCUT2D eigenvalue weighted by molar-refractivity contribution is 7.83. The molecule has 0 fully saturated rings. The van der Waals surface area contributed by atoms with Crippen molar-refractivity contribution in [3.63, 3.8) is 0 Å². The van der Waals surface area contributed by atoms with Crippen molar-refractivity contribution in [2.45, 2.75) is 57.3 Å². The zero-order valence-electron chi connectivity index (χ0n) is 21.5. The van der Waals surface area contributed by atoms with Crippen molar-refractivity contribution in [1.29, 1.82) is 0 Å². The maximum absolute atomic E-state index is 13.2. The first-order valence-corrected chi connectivity index (χ1v) is 13.5. The summed E-state index contributed by atoms with van der Waals surface area (Å²) in [4.78, 5) is 60.9. The number of aliphatic imine (C=N–C) groups is 1. The fraction of sp³-hybridized carbons (Fsp3) is 0.526. The Bertz CT molecular complexity index is 1260. The number of carboxylic acid groups (broad SMARTS) is 2. The van der Waals surface area contributed by atoms with Crippen molar-refractivity contribution in [2.24, 2.45) is 21.6 Å². The zero-order valence-corrected chi connectivity index (χ0v) is 23.2. The second-order valence-corrected chi connectivity index (χ2v) is 10.7. The third-order valence-electron chi connectivity index (χ3n) is 4.79. The first kappa shape index (κ1) is 34.1. The third kappa shape index (κ3) is 11.4. The van der Waals surface area contributed by atoms with E-state index >= 15 is 0 Å². The number of carbonyl (C=O) groups excluding carboxylic acids is 2. The molecular weight excluding hydrogens is 578 g/mol. The molecule has 40 heavy (non-hydrogen) atoms. The summed E-state index contributed by atoms with van der Waals surface area (Å²) in [7, 11) is -4.86. The Labute approximate surface area is 232 Å². The Kier molecular flexibility index (Phi) is 12.3. The molecular formula is C19H31N9O10S2. The zero-order chi connectivity index (χ0) is 30.8. The summed E-state index contributed by atoms with van der Waals surface area (Å²) >= 11 is 0.908. The van der Waals surface area contributed by atoms with E-state index in [2.05, 4.69) is 25.8 Å². The molecule has 19 nitrogen and oxygen atoms in total. The number of thiazole rings is 1. The minimum absolute atomic E-state index is 0.0111. The first-order chi connectivity index (χ1) is 18.3. The Morgan fingerprint density at radius 3 is 2.38 bits per heavy atom. The van der Waals surface area contributed by atoms with Gasteiger partial charge in [-0.3, -0.25) is 29.2 Å². The van der Waals surface area contributed by atoms with Crippen LogP contribution in [0, 0.1) is 0 Å². The SMILES string of the molecule is CC(NS(=O)(=O)O)C(NC(=O)/C(=N\OC(C)(C)C(=O)O)c1csc(N)n1)C(=O)NC(N)=NCCC[C@H](N)C(=O)O. The van der Waals surface area contributed by atoms with Gasteiger partial charge in [0.15, 0.2) is 16.8 Å². The highest BCUT2D eigenvalue weighted by atomic mass is 32.2. The van der Waals surface area contributed by atoms with Crippen molar-refractivity contribution < 1.29 is 47.2 Å². The number of anilines is 1. The lowest BCUT2D eigenvalue weighted by molar-refractivity contribution is -0.161. The van der Waals surface area contributed by atoms with Gasteiger partial charge in [-0.2, -0.15) is 13.1 Å². The molecule has 0 saturated heterocycles. The van der Waals surface area contributed by atoms with Crippen LogP contribution in [0.2, 0.25) is 0 Å². The van der Waals surface area contributed by atoms with Crippen LogP contribution in [0.15, 0.2) is 15.5 Å². The summed E-state index contributed by atoms with van der Waals surface area (Å²) in [5, 5.41) is 27.3. The summed E-state index contributed by atoms with van der Waals surface area (Å²) in [6.07, 6.45) is 0.270. The number of nitrogens with one attached hydrogen (secondary N) is 3. The number of hydrogen-bond acceptors (Lipinski definition) is 13. The van der Waals surface area contributed by atoms with Gasteiger partial charge < -0.3 is 37.6 Å². The van der Waals surface area contributed by atoms with E-state index in [0.29, 0.717) is 0 Å². The van der Waals surface area contributed by atoms with Crippen molar-refractivity contribution in [1.82, 2.24) is 20.3 Å². The van der Waals surface area contributed by atoms with Gasteiger partial charge in [0.2, 0.25) is 5.60 Å². The van der Waals surface area contributed by atoms with Crippen LogP contribution in [-0.4, -0.2) is 93.9 Å². The number of carbonyl (C=O) groups is 4. The van der Waals surface area contributed by atoms with Gasteiger partial charge in [-0.25, -0.2) is 9.78 Å². The largest absolute Gasteiger partial charge is 0.480 e. The van der Waals surface area contributed by atoms with Crippen LogP contribution in [0.4, 0.5) is 5.13 Å². The molecule has 0 aliphatic heterocycles. The van der Waals surface area contributed by atoms with Crippen LogP contribution in [0.25, 0.3) is 0 Å². The van der Waals surface area contributed by atoms with Gasteiger partial charge >= 0.3 is 22.2 Å². The molecule has 0 saturated carbocycles. The van der Waals surface area contributed by atoms with E-state index in [1.807, 2.05) is 0 Å². The van der Waals surface area contributed by atoms with Crippen molar-refractivity contribution >= 4 is 62.2 Å². The topological polar surface area (TPSA) is 324 Å². The summed E-state index contributed by atoms with van der Waals surface area (Å²) < 4.78 is 33.6. The van der Waals surface area contributed by atoms with Crippen molar-refractivity contribution in [3.05, 3.63) is 11.1 Å². The minimum Gasteiger partial charge on any atom is -0.480 e. The fourth-order valence-corrected chi connectivity index (χ4v) is 3.76. The Hall–Kier alpha value is -3.92. The molecule has 21 heteroatoms. The summed E-state index contributed by atoms with van der Waals surface area (Å²) in [6.45, 7) is 3.40. The number of hydrogen-bond donors (Lipinski definition) is 9. The summed E-state index contributed by atoms with van der Waals surface area (Å²) in [6, 6.07) is -4.37. The molecule has 2 amide bonds. The van der Waals surface area contributed by atoms with Crippen LogP contribution >= 0.6 is 11.3 Å². The summed E-state index contributed by atoms with van der Waals surface area (Å²) in [5.41, 5.74) is 14.0. The predicted octanol–water partition coefficient (Wildman–Crippen LogP) is -2.80. The lowest BCUT2D eigenvalue weighted by Crippen LogP contribution is -2.60. The predicted molar refractivity (Wildman–Crippen MR) is 141 cm³/mol. The van der Waals surface area contributed by atoms with E-state index < -0.39 is 69.5 Å². The number of nitrogens with zero attached hydrogens (tertiary/aromatic N) is 3. The first-order valence-electron chi connectivity index (χ1n) is 11.2. The van der Waals surface area contributed by atoms with Crippen molar-refractivity contribution in [2.75, 3.05) is 12.3 Å². The van der Waals surface area contributed by atoms with E-state index in [9.17, 15) is 37.3 Å². The highest BCUT2D eigenvalue weighted by Gasteiger charge is 2.34. The van der Waals surface area contributed by atoms with Gasteiger partial charge in [0.05, 0.1) is 6.04 Å². The Morgan fingerprint density at radius 1 is 1.25 bits per heavy atom. The van der Waals surface area contributed by atoms with E-state index in [1.54, 1.807) is 4.72 Å². The van der Waals surface area contributed by atoms with Crippen LogP contribution in [0.1, 0.15) is 39.3 Å². The molecule has 0 radical (unpaired) electrons. The molecule has 0 aliphatic carbocycles. The molecule has 1 heterocycles. The number of carboxylic acids is 2.